The Labute approximate surface area is 147 Å². The molecule has 2 atom stereocenters. The van der Waals surface area contributed by atoms with Crippen LogP contribution in [0.3, 0.4) is 0 Å². The van der Waals surface area contributed by atoms with Crippen LogP contribution in [0.1, 0.15) is 33.6 Å². The maximum absolute atomic E-state index is 11.9. The Bertz CT molecular complexity index is 445. The van der Waals surface area contributed by atoms with Crippen molar-refractivity contribution in [3.63, 3.8) is 0 Å². The molecule has 0 bridgehead atoms. The molecule has 0 aromatic rings. The van der Waals surface area contributed by atoms with Gasteiger partial charge in [-0.2, -0.15) is 0 Å². The van der Waals surface area contributed by atoms with Gasteiger partial charge in [-0.05, 0) is 12.5 Å². The van der Waals surface area contributed by atoms with Crippen LogP contribution in [-0.2, 0) is 45.4 Å². The molecule has 0 fully saturated rings. The largest absolute Gasteiger partial charge is 0 e. The third-order valence-corrected chi connectivity index (χ3v) is 2.78. The van der Waals surface area contributed by atoms with Gasteiger partial charge in [-0.25, -0.2) is 0 Å². The van der Waals surface area contributed by atoms with Gasteiger partial charge in [0.1, 0.15) is 11.5 Å². The Balaban J connectivity index is -0.000000231. The first-order valence-corrected chi connectivity index (χ1v) is 6.25. The molecule has 0 saturated heterocycles. The predicted octanol–water partition coefficient (Wildman–Crippen LogP) is 2.51. The summed E-state index contributed by atoms with van der Waals surface area (Å²) < 4.78 is 27.5. The Morgan fingerprint density at radius 3 is 2.13 bits per heavy atom. The van der Waals surface area contributed by atoms with Crippen molar-refractivity contribution >= 4 is 11.8 Å². The molecule has 23 heavy (non-hydrogen) atoms. The third-order valence-electron chi connectivity index (χ3n) is 2.78. The molecule has 0 N–H and O–H groups in total. The molecule has 7 heteroatoms. The second-order valence-electron chi connectivity index (χ2n) is 4.13. The first-order chi connectivity index (χ1) is 10.5. The number of carbonyl (C=O) groups excluding carboxylic acids is 2. The molecule has 0 heterocycles. The minimum Gasteiger partial charge on any atom is 0 e. The summed E-state index contributed by atoms with van der Waals surface area (Å²) in [6, 6.07) is 0. The Hall–Kier alpha value is -1.64. The summed E-state index contributed by atoms with van der Waals surface area (Å²) in [5.74, 6) is 0.380. The predicted molar refractivity (Wildman–Crippen MR) is 73.3 cm³/mol. The summed E-state index contributed by atoms with van der Waals surface area (Å²) in [6.45, 7) is 18.8. The molecular formula is C16H18FeO6. The molecule has 6 nitrogen and oxygen atoms in total. The van der Waals surface area contributed by atoms with Gasteiger partial charge in [-0.1, -0.05) is 26.0 Å². The van der Waals surface area contributed by atoms with Gasteiger partial charge in [0.2, 0.25) is 0 Å². The number of allylic oxidation sites excluding steroid dienone is 4. The van der Waals surface area contributed by atoms with Crippen molar-refractivity contribution in [2.45, 2.75) is 33.6 Å². The van der Waals surface area contributed by atoms with Crippen LogP contribution in [0.4, 0.5) is 0 Å². The zero-order valence-electron chi connectivity index (χ0n) is 13.1. The van der Waals surface area contributed by atoms with Crippen LogP contribution in [0.2, 0.25) is 0 Å². The van der Waals surface area contributed by atoms with Crippen LogP contribution in [0.5, 0.6) is 0 Å². The standard InChI is InChI=1S/C13H18O3.3CO.Fe/c1-4-9(2)13(15)11-6-5-7-12(8-11)16-10(3)14;3*1-2;/h5-7,9,11H,4,8H2,1-3H3;;;;/t9?,11-;;;;/m1..../s1. The van der Waals surface area contributed by atoms with E-state index in [0.717, 1.165) is 6.42 Å². The van der Waals surface area contributed by atoms with Crippen molar-refractivity contribution in [2.24, 2.45) is 11.8 Å². The first kappa shape index (κ1) is 29.4. The van der Waals surface area contributed by atoms with Gasteiger partial charge in [-0.3, -0.25) is 9.59 Å². The van der Waals surface area contributed by atoms with E-state index in [4.69, 9.17) is 18.7 Å². The van der Waals surface area contributed by atoms with Crippen molar-refractivity contribution in [1.29, 1.82) is 0 Å². The second kappa shape index (κ2) is 20.4. The van der Waals surface area contributed by atoms with Crippen LogP contribution in [0, 0.1) is 31.8 Å². The van der Waals surface area contributed by atoms with E-state index in [2.05, 4.69) is 20.0 Å². The van der Waals surface area contributed by atoms with E-state index < -0.39 is 0 Å². The molecule has 0 spiro atoms. The molecule has 0 aromatic heterocycles. The number of Topliss-reactive ketones (excluding diaryl/α,β-unsaturated/α-hetero) is 1. The number of carbonyl (C=O) groups is 2. The summed E-state index contributed by atoms with van der Waals surface area (Å²) in [5, 5.41) is 0. The quantitative estimate of drug-likeness (QED) is 0.332. The summed E-state index contributed by atoms with van der Waals surface area (Å²) in [7, 11) is 0. The van der Waals surface area contributed by atoms with Crippen molar-refractivity contribution in [1.82, 2.24) is 0 Å². The Morgan fingerprint density at radius 2 is 1.74 bits per heavy atom. The second-order valence-corrected chi connectivity index (χ2v) is 4.13. The minimum atomic E-state index is -0.337. The van der Waals surface area contributed by atoms with Crippen molar-refractivity contribution in [3.8, 4) is 0 Å². The van der Waals surface area contributed by atoms with E-state index >= 15 is 0 Å². The topological polar surface area (TPSA) is 103 Å². The minimum absolute atomic E-state index is 0. The van der Waals surface area contributed by atoms with Gasteiger partial charge in [0.25, 0.3) is 0 Å². The molecule has 1 rings (SSSR count). The Kier molecular flexibility index (Phi) is 26.0. The fourth-order valence-corrected chi connectivity index (χ4v) is 1.67. The smallest absolute Gasteiger partial charge is 0 e. The number of hydrogen-bond acceptors (Lipinski definition) is 3. The van der Waals surface area contributed by atoms with Crippen molar-refractivity contribution in [3.05, 3.63) is 43.9 Å². The average Bonchev–Trinajstić information content (AvgIpc) is 2.58. The monoisotopic (exact) mass is 362 g/mol. The van der Waals surface area contributed by atoms with E-state index in [0.29, 0.717) is 12.2 Å². The maximum atomic E-state index is 11.9. The van der Waals surface area contributed by atoms with E-state index in [1.165, 1.54) is 6.92 Å². The van der Waals surface area contributed by atoms with Gasteiger partial charge >= 0.3 is 39.9 Å². The van der Waals surface area contributed by atoms with Gasteiger partial charge in [-0.15, -0.1) is 0 Å². The van der Waals surface area contributed by atoms with E-state index in [1.807, 2.05) is 19.9 Å². The van der Waals surface area contributed by atoms with Gasteiger partial charge in [0.05, 0.1) is 0 Å². The molecule has 126 valence electrons. The molecule has 0 aliphatic heterocycles. The molecule has 1 aliphatic rings. The maximum Gasteiger partial charge on any atom is 0 e. The van der Waals surface area contributed by atoms with Gasteiger partial charge in [0.15, 0.2) is 0 Å². The number of rotatable bonds is 4. The first-order valence-electron chi connectivity index (χ1n) is 6.25. The summed E-state index contributed by atoms with van der Waals surface area (Å²) in [5.41, 5.74) is 0. The normalized spacial score (nSPS) is 15.0. The number of ketones is 1. The SMILES string of the molecule is CCC(C)C(=O)[C@@H]1C=CC=C(OC(C)=O)C1.[C-]#[O+].[C-]#[O+].[C-]#[O+].[Fe]. The zero-order chi connectivity index (χ0) is 18.1. The van der Waals surface area contributed by atoms with Gasteiger partial charge < -0.3 is 4.74 Å². The summed E-state index contributed by atoms with van der Waals surface area (Å²) in [4.78, 5) is 22.7. The fraction of sp³-hybridized carbons (Fsp3) is 0.438. The van der Waals surface area contributed by atoms with Crippen LogP contribution >= 0.6 is 0 Å². The molecule has 1 aliphatic carbocycles. The molecular weight excluding hydrogens is 344 g/mol. The van der Waals surface area contributed by atoms with Crippen LogP contribution in [0.25, 0.3) is 0 Å². The van der Waals surface area contributed by atoms with E-state index in [9.17, 15) is 9.59 Å². The molecule has 0 amide bonds. The number of esters is 1. The molecule has 0 saturated carbocycles. The number of hydrogen-bond donors (Lipinski definition) is 0. The third kappa shape index (κ3) is 13.7. The van der Waals surface area contributed by atoms with Crippen LogP contribution < -0.4 is 0 Å². The van der Waals surface area contributed by atoms with E-state index in [-0.39, 0.29) is 40.7 Å². The zero-order valence-corrected chi connectivity index (χ0v) is 14.2. The molecule has 1 unspecified atom stereocenters. The van der Waals surface area contributed by atoms with Gasteiger partial charge in [0, 0.05) is 42.2 Å². The summed E-state index contributed by atoms with van der Waals surface area (Å²) in [6.07, 6.45) is 6.74. The van der Waals surface area contributed by atoms with Crippen LogP contribution in [-0.4, -0.2) is 11.8 Å². The average molecular weight is 362 g/mol. The number of ether oxygens (including phenoxy) is 1. The molecule has 0 radical (unpaired) electrons. The Morgan fingerprint density at radius 1 is 1.26 bits per heavy atom. The van der Waals surface area contributed by atoms with Crippen molar-refractivity contribution in [2.75, 3.05) is 0 Å². The van der Waals surface area contributed by atoms with Crippen molar-refractivity contribution < 1.29 is 45.4 Å². The van der Waals surface area contributed by atoms with E-state index in [1.54, 1.807) is 12.2 Å². The molecule has 0 aromatic carbocycles. The summed E-state index contributed by atoms with van der Waals surface area (Å²) >= 11 is 0. The fourth-order valence-electron chi connectivity index (χ4n) is 1.67. The van der Waals surface area contributed by atoms with Crippen LogP contribution in [0.15, 0.2) is 24.0 Å².